The first-order chi connectivity index (χ1) is 21.6. The Morgan fingerprint density at radius 1 is 0.644 bits per heavy atom. The maximum absolute atomic E-state index is 14.6. The molecular weight excluding hydrogens is 591 g/mol. The van der Waals surface area contributed by atoms with Crippen molar-refractivity contribution in [1.29, 1.82) is 0 Å². The van der Waals surface area contributed by atoms with E-state index in [0.717, 1.165) is 55.5 Å². The monoisotopic (exact) mass is 615 g/mol. The summed E-state index contributed by atoms with van der Waals surface area (Å²) < 4.78 is 49.5. The molecule has 0 saturated carbocycles. The fourth-order valence-corrected chi connectivity index (χ4v) is 7.72. The van der Waals surface area contributed by atoms with Crippen molar-refractivity contribution < 1.29 is 13.2 Å². The van der Waals surface area contributed by atoms with Gasteiger partial charge in [0.1, 0.15) is 5.65 Å². The van der Waals surface area contributed by atoms with Gasteiger partial charge in [0.15, 0.2) is 0 Å². The summed E-state index contributed by atoms with van der Waals surface area (Å²) in [7, 11) is 0. The molecule has 0 N–H and O–H groups in total. The highest BCUT2D eigenvalue weighted by atomic mass is 35.5. The number of para-hydroxylation sites is 2. The normalized spacial score (nSPS) is 14.2. The van der Waals surface area contributed by atoms with Crippen LogP contribution in [0.1, 0.15) is 30.5 Å². The van der Waals surface area contributed by atoms with Crippen LogP contribution in [0.4, 0.5) is 13.2 Å². The molecule has 220 valence electrons. The topological polar surface area (TPSA) is 14.3 Å². The lowest BCUT2D eigenvalue weighted by atomic mass is 9.82. The predicted molar refractivity (Wildman–Crippen MR) is 176 cm³/mol. The van der Waals surface area contributed by atoms with Gasteiger partial charge in [0.2, 0.25) is 0 Å². The molecule has 0 amide bonds. The minimum atomic E-state index is -4.59. The highest BCUT2D eigenvalue weighted by molar-refractivity contribution is 6.34. The van der Waals surface area contributed by atoms with E-state index in [9.17, 15) is 13.2 Å². The van der Waals surface area contributed by atoms with Crippen LogP contribution < -0.4 is 0 Å². The van der Waals surface area contributed by atoms with Crippen molar-refractivity contribution >= 4 is 50.0 Å². The van der Waals surface area contributed by atoms with Crippen molar-refractivity contribution in [2.24, 2.45) is 0 Å². The first-order valence-electron chi connectivity index (χ1n) is 14.8. The number of imidazole rings is 1. The SMILES string of the molecule is CC1(C)c2ccccc2-c2cc3c4ccccc4n(-c4cc(C(F)(F)F)cc(-n5ccn6c7ccccc7cc56)c4Cl)c3cc21. The molecule has 0 spiro atoms. The van der Waals surface area contributed by atoms with E-state index in [1.807, 2.05) is 75.8 Å². The molecule has 0 bridgehead atoms. The molecule has 0 radical (unpaired) electrons. The van der Waals surface area contributed by atoms with Crippen LogP contribution in [0.3, 0.4) is 0 Å². The summed E-state index contributed by atoms with van der Waals surface area (Å²) in [6.07, 6.45) is -0.962. The summed E-state index contributed by atoms with van der Waals surface area (Å²) in [5.74, 6) is 0. The Bertz CT molecular complexity index is 2530. The quantitative estimate of drug-likeness (QED) is 0.184. The number of fused-ring (bicyclic) bond motifs is 9. The standard InChI is InChI=1S/C38H25ClF3N3/c1-37(2)28-12-6-4-10-24(28)26-20-27-25-11-5-8-14-31(25)45(32(27)21-29(26)37)34-19-23(38(40,41)42)18-33(36(34)39)44-16-15-43-30-13-7-3-9-22(30)17-35(43)44/h3-21H,1-2H3. The van der Waals surface area contributed by atoms with Crippen LogP contribution in [0.5, 0.6) is 0 Å². The molecule has 3 nitrogen and oxygen atoms in total. The van der Waals surface area contributed by atoms with Gasteiger partial charge >= 0.3 is 6.18 Å². The number of aromatic nitrogens is 3. The van der Waals surface area contributed by atoms with Crippen LogP contribution in [-0.4, -0.2) is 13.5 Å². The third-order valence-corrected chi connectivity index (χ3v) is 9.96. The van der Waals surface area contributed by atoms with Gasteiger partial charge in [-0.3, -0.25) is 4.57 Å². The first kappa shape index (κ1) is 26.5. The Morgan fingerprint density at radius 2 is 1.36 bits per heavy atom. The van der Waals surface area contributed by atoms with Gasteiger partial charge in [-0.1, -0.05) is 86.1 Å². The van der Waals surface area contributed by atoms with Crippen LogP contribution in [0.15, 0.2) is 116 Å². The average molecular weight is 616 g/mol. The Morgan fingerprint density at radius 3 is 2.18 bits per heavy atom. The highest BCUT2D eigenvalue weighted by Crippen LogP contribution is 2.51. The molecule has 1 aliphatic carbocycles. The molecule has 0 saturated heterocycles. The number of halogens is 4. The zero-order valence-electron chi connectivity index (χ0n) is 24.3. The molecule has 3 heterocycles. The minimum Gasteiger partial charge on any atom is -0.308 e. The second-order valence-corrected chi connectivity index (χ2v) is 12.7. The molecule has 45 heavy (non-hydrogen) atoms. The van der Waals surface area contributed by atoms with Gasteiger partial charge in [-0.05, 0) is 64.7 Å². The summed E-state index contributed by atoms with van der Waals surface area (Å²) in [6.45, 7) is 4.40. The number of nitrogens with zero attached hydrogens (tertiary/aromatic N) is 3. The zero-order chi connectivity index (χ0) is 30.8. The molecule has 8 aromatic rings. The maximum atomic E-state index is 14.6. The van der Waals surface area contributed by atoms with Crippen LogP contribution in [0, 0.1) is 0 Å². The summed E-state index contributed by atoms with van der Waals surface area (Å²) in [4.78, 5) is 0. The largest absolute Gasteiger partial charge is 0.416 e. The van der Waals surface area contributed by atoms with E-state index in [1.165, 1.54) is 17.2 Å². The van der Waals surface area contributed by atoms with Crippen molar-refractivity contribution in [3.8, 4) is 22.5 Å². The van der Waals surface area contributed by atoms with Gasteiger partial charge < -0.3 is 8.97 Å². The third-order valence-electron chi connectivity index (χ3n) is 9.58. The first-order valence-corrected chi connectivity index (χ1v) is 15.2. The molecule has 7 heteroatoms. The highest BCUT2D eigenvalue weighted by Gasteiger charge is 2.37. The van der Waals surface area contributed by atoms with Gasteiger partial charge in [0.05, 0.1) is 38.5 Å². The molecule has 0 aliphatic heterocycles. The molecule has 1 aliphatic rings. The lowest BCUT2D eigenvalue weighted by Gasteiger charge is -2.22. The van der Waals surface area contributed by atoms with E-state index in [0.29, 0.717) is 0 Å². The number of rotatable bonds is 2. The van der Waals surface area contributed by atoms with E-state index in [4.69, 9.17) is 11.6 Å². The predicted octanol–water partition coefficient (Wildman–Crippen LogP) is 11.0. The molecular formula is C38H25ClF3N3. The number of hydrogen-bond donors (Lipinski definition) is 0. The molecule has 0 atom stereocenters. The lowest BCUT2D eigenvalue weighted by Crippen LogP contribution is -2.15. The van der Waals surface area contributed by atoms with Crippen molar-refractivity contribution in [2.45, 2.75) is 25.4 Å². The van der Waals surface area contributed by atoms with Crippen molar-refractivity contribution in [3.05, 3.63) is 137 Å². The Labute approximate surface area is 261 Å². The second kappa shape index (κ2) is 8.83. The van der Waals surface area contributed by atoms with Crippen LogP contribution >= 0.6 is 11.6 Å². The van der Waals surface area contributed by atoms with E-state index in [-0.39, 0.29) is 21.8 Å². The molecule has 3 aromatic heterocycles. The van der Waals surface area contributed by atoms with Gasteiger partial charge in [-0.2, -0.15) is 13.2 Å². The summed E-state index contributed by atoms with van der Waals surface area (Å²) in [5.41, 5.74) is 7.51. The number of alkyl halides is 3. The van der Waals surface area contributed by atoms with Gasteiger partial charge in [-0.15, -0.1) is 0 Å². The fraction of sp³-hybridized carbons (Fsp3) is 0.105. The van der Waals surface area contributed by atoms with E-state index < -0.39 is 11.7 Å². The maximum Gasteiger partial charge on any atom is 0.416 e. The smallest absolute Gasteiger partial charge is 0.308 e. The Balaban J connectivity index is 1.38. The zero-order valence-corrected chi connectivity index (χ0v) is 25.1. The van der Waals surface area contributed by atoms with Gasteiger partial charge in [0.25, 0.3) is 0 Å². The lowest BCUT2D eigenvalue weighted by molar-refractivity contribution is -0.137. The van der Waals surface area contributed by atoms with E-state index >= 15 is 0 Å². The third kappa shape index (κ3) is 3.54. The summed E-state index contributed by atoms with van der Waals surface area (Å²) in [5, 5.41) is 3.14. The molecule has 9 rings (SSSR count). The van der Waals surface area contributed by atoms with Crippen LogP contribution in [0.2, 0.25) is 5.02 Å². The molecule has 0 fully saturated rings. The second-order valence-electron chi connectivity index (χ2n) is 12.4. The average Bonchev–Trinajstić information content (AvgIpc) is 3.74. The van der Waals surface area contributed by atoms with Gasteiger partial charge in [0, 0.05) is 34.0 Å². The number of hydrogen-bond acceptors (Lipinski definition) is 0. The van der Waals surface area contributed by atoms with Crippen molar-refractivity contribution in [3.63, 3.8) is 0 Å². The Kier molecular flexibility index (Phi) is 5.19. The number of benzene rings is 5. The van der Waals surface area contributed by atoms with Crippen molar-refractivity contribution in [1.82, 2.24) is 13.5 Å². The van der Waals surface area contributed by atoms with E-state index in [1.54, 1.807) is 10.8 Å². The van der Waals surface area contributed by atoms with Crippen LogP contribution in [-0.2, 0) is 11.6 Å². The van der Waals surface area contributed by atoms with Gasteiger partial charge in [-0.25, -0.2) is 0 Å². The molecule has 5 aromatic carbocycles. The van der Waals surface area contributed by atoms with Crippen LogP contribution in [0.25, 0.3) is 60.9 Å². The van der Waals surface area contributed by atoms with E-state index in [2.05, 4.69) is 44.2 Å². The summed E-state index contributed by atoms with van der Waals surface area (Å²) in [6, 6.07) is 32.8. The molecule has 0 unspecified atom stereocenters. The van der Waals surface area contributed by atoms with Crippen molar-refractivity contribution in [2.75, 3.05) is 0 Å². The summed E-state index contributed by atoms with van der Waals surface area (Å²) >= 11 is 7.24. The Hall–Kier alpha value is -4.94. The fourth-order valence-electron chi connectivity index (χ4n) is 7.44. The minimum absolute atomic E-state index is 0.233.